The first-order valence-electron chi connectivity index (χ1n) is 10.4. The number of unbranched alkanes of at least 4 members (excludes halogenated alkanes) is 1. The van der Waals surface area contributed by atoms with E-state index in [4.69, 9.17) is 16.3 Å². The molecule has 0 aliphatic carbocycles. The van der Waals surface area contributed by atoms with E-state index < -0.39 is 6.04 Å². The Balaban J connectivity index is 2.26. The van der Waals surface area contributed by atoms with Crippen molar-refractivity contribution in [2.75, 3.05) is 13.7 Å². The summed E-state index contributed by atoms with van der Waals surface area (Å²) in [4.78, 5) is 27.8. The monoisotopic (exact) mass is 430 g/mol. The number of hydrogen-bond donors (Lipinski definition) is 1. The van der Waals surface area contributed by atoms with Gasteiger partial charge in [0.1, 0.15) is 11.8 Å². The van der Waals surface area contributed by atoms with Crippen LogP contribution in [-0.4, -0.2) is 36.4 Å². The maximum absolute atomic E-state index is 13.3. The largest absolute Gasteiger partial charge is 0.497 e. The summed E-state index contributed by atoms with van der Waals surface area (Å²) < 4.78 is 5.31. The Hall–Kier alpha value is -2.53. The zero-order valence-electron chi connectivity index (χ0n) is 18.0. The van der Waals surface area contributed by atoms with Gasteiger partial charge in [0.25, 0.3) is 0 Å². The van der Waals surface area contributed by atoms with Crippen LogP contribution in [0.25, 0.3) is 0 Å². The van der Waals surface area contributed by atoms with Crippen LogP contribution in [0.1, 0.15) is 44.2 Å². The normalized spacial score (nSPS) is 11.6. The molecule has 162 valence electrons. The fraction of sp³-hybridized carbons (Fsp3) is 0.417. The lowest BCUT2D eigenvalue weighted by atomic mass is 10.1. The molecule has 0 fully saturated rings. The van der Waals surface area contributed by atoms with Gasteiger partial charge in [-0.2, -0.15) is 0 Å². The Morgan fingerprint density at radius 2 is 1.83 bits per heavy atom. The van der Waals surface area contributed by atoms with E-state index in [1.165, 1.54) is 0 Å². The van der Waals surface area contributed by atoms with Crippen molar-refractivity contribution in [2.24, 2.45) is 0 Å². The molecule has 0 aliphatic rings. The maximum atomic E-state index is 13.3. The smallest absolute Gasteiger partial charge is 0.242 e. The lowest BCUT2D eigenvalue weighted by Crippen LogP contribution is -2.49. The summed E-state index contributed by atoms with van der Waals surface area (Å²) in [5.74, 6) is 0.487. The second kappa shape index (κ2) is 12.2. The molecule has 0 unspecified atom stereocenters. The summed E-state index contributed by atoms with van der Waals surface area (Å²) in [5.41, 5.74) is 1.73. The summed E-state index contributed by atoms with van der Waals surface area (Å²) in [6, 6.07) is 14.3. The second-order valence-corrected chi connectivity index (χ2v) is 7.68. The number of benzene rings is 2. The van der Waals surface area contributed by atoms with Crippen LogP contribution in [-0.2, 0) is 22.6 Å². The van der Waals surface area contributed by atoms with Crippen molar-refractivity contribution in [3.05, 3.63) is 64.7 Å². The number of carbonyl (C=O) groups is 2. The molecule has 2 rings (SSSR count). The van der Waals surface area contributed by atoms with E-state index >= 15 is 0 Å². The highest BCUT2D eigenvalue weighted by atomic mass is 35.5. The summed E-state index contributed by atoms with van der Waals surface area (Å²) in [6.45, 7) is 4.94. The molecule has 1 N–H and O–H groups in total. The number of nitrogens with zero attached hydrogens (tertiary/aromatic N) is 1. The molecule has 6 heteroatoms. The van der Waals surface area contributed by atoms with E-state index in [0.29, 0.717) is 24.5 Å². The lowest BCUT2D eigenvalue weighted by Gasteiger charge is -2.31. The Labute approximate surface area is 184 Å². The predicted octanol–water partition coefficient (Wildman–Crippen LogP) is 4.61. The highest BCUT2D eigenvalue weighted by molar-refractivity contribution is 6.30. The van der Waals surface area contributed by atoms with Crippen molar-refractivity contribution in [3.8, 4) is 5.75 Å². The van der Waals surface area contributed by atoms with Crippen LogP contribution in [0.4, 0.5) is 0 Å². The molecule has 0 bridgehead atoms. The van der Waals surface area contributed by atoms with Gasteiger partial charge >= 0.3 is 0 Å². The van der Waals surface area contributed by atoms with Crippen molar-refractivity contribution in [1.82, 2.24) is 10.2 Å². The zero-order chi connectivity index (χ0) is 21.9. The molecule has 2 aromatic carbocycles. The van der Waals surface area contributed by atoms with Gasteiger partial charge in [-0.05, 0) is 48.2 Å². The Morgan fingerprint density at radius 1 is 1.10 bits per heavy atom. The van der Waals surface area contributed by atoms with Gasteiger partial charge < -0.3 is 15.0 Å². The number of hydrogen-bond acceptors (Lipinski definition) is 3. The van der Waals surface area contributed by atoms with E-state index in [-0.39, 0.29) is 18.2 Å². The molecule has 2 aromatic rings. The van der Waals surface area contributed by atoms with E-state index in [1.807, 2.05) is 43.3 Å². The Kier molecular flexibility index (Phi) is 9.68. The van der Waals surface area contributed by atoms with Gasteiger partial charge in [0.2, 0.25) is 11.8 Å². The highest BCUT2D eigenvalue weighted by Crippen LogP contribution is 2.19. The third-order valence-electron chi connectivity index (χ3n) is 4.95. The molecule has 0 saturated heterocycles. The van der Waals surface area contributed by atoms with Gasteiger partial charge in [-0.25, -0.2) is 0 Å². The fourth-order valence-electron chi connectivity index (χ4n) is 3.32. The summed E-state index contributed by atoms with van der Waals surface area (Å²) >= 11 is 6.08. The van der Waals surface area contributed by atoms with Crippen LogP contribution < -0.4 is 10.1 Å². The predicted molar refractivity (Wildman–Crippen MR) is 121 cm³/mol. The minimum Gasteiger partial charge on any atom is -0.497 e. The third kappa shape index (κ3) is 7.06. The van der Waals surface area contributed by atoms with Crippen LogP contribution >= 0.6 is 11.6 Å². The average Bonchev–Trinajstić information content (AvgIpc) is 2.74. The average molecular weight is 431 g/mol. The van der Waals surface area contributed by atoms with Crippen LogP contribution in [0.2, 0.25) is 5.02 Å². The van der Waals surface area contributed by atoms with E-state index in [9.17, 15) is 9.59 Å². The number of methoxy groups -OCH3 is 1. The van der Waals surface area contributed by atoms with Crippen LogP contribution in [0.3, 0.4) is 0 Å². The zero-order valence-corrected chi connectivity index (χ0v) is 18.7. The van der Waals surface area contributed by atoms with Crippen LogP contribution in [0.5, 0.6) is 5.75 Å². The van der Waals surface area contributed by atoms with E-state index in [1.54, 1.807) is 24.1 Å². The number of nitrogens with one attached hydrogen (secondary N) is 1. The van der Waals surface area contributed by atoms with Crippen LogP contribution in [0.15, 0.2) is 48.5 Å². The van der Waals surface area contributed by atoms with Crippen molar-refractivity contribution < 1.29 is 14.3 Å². The van der Waals surface area contributed by atoms with E-state index in [2.05, 4.69) is 12.2 Å². The summed E-state index contributed by atoms with van der Waals surface area (Å²) in [5, 5.41) is 3.56. The van der Waals surface area contributed by atoms with Gasteiger partial charge in [0.15, 0.2) is 0 Å². The number of halogens is 1. The minimum atomic E-state index is -0.542. The quantitative estimate of drug-likeness (QED) is 0.529. The van der Waals surface area contributed by atoms with Crippen molar-refractivity contribution in [1.29, 1.82) is 0 Å². The van der Waals surface area contributed by atoms with Gasteiger partial charge in [-0.1, -0.05) is 56.1 Å². The molecular formula is C24H31ClN2O3. The summed E-state index contributed by atoms with van der Waals surface area (Å²) in [7, 11) is 1.61. The van der Waals surface area contributed by atoms with E-state index in [0.717, 1.165) is 29.7 Å². The molecule has 1 atom stereocenters. The summed E-state index contributed by atoms with van der Waals surface area (Å²) in [6.07, 6.45) is 2.62. The minimum absolute atomic E-state index is 0.113. The SMILES string of the molecule is CCCCNC(=O)[C@H](CC)N(Cc1cccc(OC)c1)C(=O)Cc1cccc(Cl)c1. The molecule has 0 aromatic heterocycles. The number of carbonyl (C=O) groups excluding carboxylic acids is 2. The molecule has 2 amide bonds. The van der Waals surface area contributed by atoms with Gasteiger partial charge in [-0.15, -0.1) is 0 Å². The second-order valence-electron chi connectivity index (χ2n) is 7.25. The highest BCUT2D eigenvalue weighted by Gasteiger charge is 2.28. The number of ether oxygens (including phenoxy) is 1. The molecule has 30 heavy (non-hydrogen) atoms. The molecule has 0 radical (unpaired) electrons. The van der Waals surface area contributed by atoms with Gasteiger partial charge in [0.05, 0.1) is 13.5 Å². The molecular weight excluding hydrogens is 400 g/mol. The van der Waals surface area contributed by atoms with Crippen molar-refractivity contribution >= 4 is 23.4 Å². The molecule has 5 nitrogen and oxygen atoms in total. The van der Waals surface area contributed by atoms with Gasteiger partial charge in [0, 0.05) is 18.1 Å². The Bertz CT molecular complexity index is 841. The first-order chi connectivity index (χ1) is 14.5. The number of amides is 2. The lowest BCUT2D eigenvalue weighted by molar-refractivity contribution is -0.140. The first kappa shape index (κ1) is 23.7. The first-order valence-corrected chi connectivity index (χ1v) is 10.8. The molecule has 0 saturated carbocycles. The standard InChI is InChI=1S/C24H31ClN2O3/c1-4-6-13-26-24(29)22(5-2)27(17-19-10-8-12-21(15-19)30-3)23(28)16-18-9-7-11-20(25)14-18/h7-12,14-15,22H,4-6,13,16-17H2,1-3H3,(H,26,29)/t22-/m0/s1. The number of rotatable bonds is 11. The van der Waals surface area contributed by atoms with Crippen molar-refractivity contribution in [3.63, 3.8) is 0 Å². The fourth-order valence-corrected chi connectivity index (χ4v) is 3.53. The van der Waals surface area contributed by atoms with Gasteiger partial charge in [-0.3, -0.25) is 9.59 Å². The molecule has 0 aliphatic heterocycles. The molecule has 0 spiro atoms. The third-order valence-corrected chi connectivity index (χ3v) is 5.18. The Morgan fingerprint density at radius 3 is 2.50 bits per heavy atom. The van der Waals surface area contributed by atoms with Crippen molar-refractivity contribution in [2.45, 2.75) is 52.1 Å². The van der Waals surface area contributed by atoms with Crippen LogP contribution in [0, 0.1) is 0 Å². The maximum Gasteiger partial charge on any atom is 0.242 e. The molecule has 0 heterocycles. The topological polar surface area (TPSA) is 58.6 Å².